The highest BCUT2D eigenvalue weighted by Crippen LogP contribution is 2.24. The van der Waals surface area contributed by atoms with Gasteiger partial charge < -0.3 is 20.7 Å². The van der Waals surface area contributed by atoms with Crippen molar-refractivity contribution in [3.63, 3.8) is 0 Å². The van der Waals surface area contributed by atoms with Crippen molar-refractivity contribution >= 4 is 48.0 Å². The summed E-state index contributed by atoms with van der Waals surface area (Å²) in [6, 6.07) is 8.62. The molecule has 3 rings (SSSR count). The number of ether oxygens (including phenoxy) is 1. The predicted octanol–water partition coefficient (Wildman–Crippen LogP) is 2.63. The van der Waals surface area contributed by atoms with Crippen LogP contribution < -0.4 is 16.0 Å². The summed E-state index contributed by atoms with van der Waals surface area (Å²) >= 11 is 0. The number of hydrogen-bond donors (Lipinski definition) is 3. The first-order valence-corrected chi connectivity index (χ1v) is 8.25. The largest absolute Gasteiger partial charge is 0.378 e. The van der Waals surface area contributed by atoms with Crippen LogP contribution in [-0.4, -0.2) is 42.6 Å². The van der Waals surface area contributed by atoms with Crippen LogP contribution in [0.5, 0.6) is 0 Å². The minimum Gasteiger partial charge on any atom is -0.378 e. The lowest BCUT2D eigenvalue weighted by Crippen LogP contribution is -2.43. The Balaban J connectivity index is 0.00000196. The number of carbonyl (C=O) groups excluding carboxylic acids is 2. The van der Waals surface area contributed by atoms with Gasteiger partial charge in [0.2, 0.25) is 5.91 Å². The Morgan fingerprint density at radius 2 is 2.00 bits per heavy atom. The third-order valence-corrected chi connectivity index (χ3v) is 3.83. The summed E-state index contributed by atoms with van der Waals surface area (Å²) in [6.07, 6.45) is 1.69. The molecule has 0 bridgehead atoms. The second kappa shape index (κ2) is 11.6. The molecule has 0 spiro atoms. The first kappa shape index (κ1) is 23.8. The maximum Gasteiger partial charge on any atom is 0.274 e. The van der Waals surface area contributed by atoms with Gasteiger partial charge in [-0.1, -0.05) is 6.07 Å². The van der Waals surface area contributed by atoms with E-state index in [1.165, 1.54) is 18.3 Å². The Kier molecular flexibility index (Phi) is 9.81. The SMILES string of the molecule is Cl.Cl.O=C(CC1COCCN1)Nc1cc(F)ccc1NC(=O)c1ccccn1. The van der Waals surface area contributed by atoms with Gasteiger partial charge in [-0.25, -0.2) is 4.39 Å². The van der Waals surface area contributed by atoms with Gasteiger partial charge in [-0.05, 0) is 30.3 Å². The van der Waals surface area contributed by atoms with E-state index in [-0.39, 0.29) is 54.6 Å². The fourth-order valence-corrected chi connectivity index (χ4v) is 2.59. The van der Waals surface area contributed by atoms with Crippen molar-refractivity contribution in [1.82, 2.24) is 10.3 Å². The first-order valence-electron chi connectivity index (χ1n) is 8.25. The molecule has 1 unspecified atom stereocenters. The van der Waals surface area contributed by atoms with Gasteiger partial charge in [-0.15, -0.1) is 24.8 Å². The average Bonchev–Trinajstić information content (AvgIpc) is 2.65. The van der Waals surface area contributed by atoms with Gasteiger partial charge in [0.05, 0.1) is 24.6 Å². The number of hydrogen-bond acceptors (Lipinski definition) is 5. The summed E-state index contributed by atoms with van der Waals surface area (Å²) in [5, 5.41) is 8.46. The van der Waals surface area contributed by atoms with E-state index in [1.807, 2.05) is 0 Å². The molecule has 28 heavy (non-hydrogen) atoms. The number of halogens is 3. The zero-order chi connectivity index (χ0) is 18.4. The van der Waals surface area contributed by atoms with E-state index < -0.39 is 11.7 Å². The van der Waals surface area contributed by atoms with Gasteiger partial charge >= 0.3 is 0 Å². The van der Waals surface area contributed by atoms with Crippen molar-refractivity contribution in [1.29, 1.82) is 0 Å². The number of amides is 2. The molecule has 0 aliphatic carbocycles. The van der Waals surface area contributed by atoms with Crippen LogP contribution in [-0.2, 0) is 9.53 Å². The van der Waals surface area contributed by atoms with Crippen molar-refractivity contribution in [3.8, 4) is 0 Å². The fourth-order valence-electron chi connectivity index (χ4n) is 2.59. The Morgan fingerprint density at radius 1 is 1.18 bits per heavy atom. The normalized spacial score (nSPS) is 15.5. The molecule has 2 amide bonds. The summed E-state index contributed by atoms with van der Waals surface area (Å²) in [7, 11) is 0. The standard InChI is InChI=1S/C18H19FN4O3.2ClH/c19-12-4-5-14(23-18(25)15-3-1-2-6-21-15)16(9-12)22-17(24)10-13-11-26-8-7-20-13;;/h1-6,9,13,20H,7-8,10-11H2,(H,22,24)(H,23,25);2*1H. The molecular formula is C18H21Cl2FN4O3. The molecule has 0 saturated carbocycles. The fraction of sp³-hybridized carbons (Fsp3) is 0.278. The maximum atomic E-state index is 13.6. The van der Waals surface area contributed by atoms with Crippen molar-refractivity contribution in [3.05, 3.63) is 54.1 Å². The number of pyridine rings is 1. The van der Waals surface area contributed by atoms with Gasteiger partial charge in [-0.3, -0.25) is 14.6 Å². The second-order valence-corrected chi connectivity index (χ2v) is 5.84. The molecule has 1 fully saturated rings. The first-order chi connectivity index (χ1) is 12.6. The van der Waals surface area contributed by atoms with Crippen LogP contribution >= 0.6 is 24.8 Å². The Morgan fingerprint density at radius 3 is 2.68 bits per heavy atom. The summed E-state index contributed by atoms with van der Waals surface area (Å²) in [5.74, 6) is -1.27. The van der Waals surface area contributed by atoms with Crippen molar-refractivity contribution in [2.45, 2.75) is 12.5 Å². The number of nitrogens with one attached hydrogen (secondary N) is 3. The Labute approximate surface area is 174 Å². The molecule has 3 N–H and O–H groups in total. The number of anilines is 2. The summed E-state index contributed by atoms with van der Waals surface area (Å²) in [4.78, 5) is 28.5. The second-order valence-electron chi connectivity index (χ2n) is 5.84. The van der Waals surface area contributed by atoms with Crippen LogP contribution in [0.1, 0.15) is 16.9 Å². The van der Waals surface area contributed by atoms with Crippen molar-refractivity contribution < 1.29 is 18.7 Å². The van der Waals surface area contributed by atoms with E-state index in [9.17, 15) is 14.0 Å². The van der Waals surface area contributed by atoms with Crippen LogP contribution in [0.25, 0.3) is 0 Å². The van der Waals surface area contributed by atoms with Crippen LogP contribution in [0.15, 0.2) is 42.6 Å². The number of aromatic nitrogens is 1. The van der Waals surface area contributed by atoms with E-state index in [4.69, 9.17) is 4.74 Å². The zero-order valence-corrected chi connectivity index (χ0v) is 16.4. The molecule has 1 saturated heterocycles. The summed E-state index contributed by atoms with van der Waals surface area (Å²) in [6.45, 7) is 1.74. The van der Waals surface area contributed by atoms with E-state index in [1.54, 1.807) is 18.2 Å². The molecule has 1 aliphatic heterocycles. The zero-order valence-electron chi connectivity index (χ0n) is 14.8. The highest BCUT2D eigenvalue weighted by Gasteiger charge is 2.18. The van der Waals surface area contributed by atoms with E-state index in [0.717, 1.165) is 6.07 Å². The molecular weight excluding hydrogens is 410 g/mol. The molecule has 2 heterocycles. The number of benzene rings is 1. The minimum atomic E-state index is -0.518. The lowest BCUT2D eigenvalue weighted by Gasteiger charge is -2.23. The summed E-state index contributed by atoms with van der Waals surface area (Å²) in [5.41, 5.74) is 0.705. The Hall–Kier alpha value is -2.26. The lowest BCUT2D eigenvalue weighted by atomic mass is 10.1. The van der Waals surface area contributed by atoms with Crippen LogP contribution in [0, 0.1) is 5.82 Å². The minimum absolute atomic E-state index is 0. The number of nitrogens with zero attached hydrogens (tertiary/aromatic N) is 1. The smallest absolute Gasteiger partial charge is 0.274 e. The number of carbonyl (C=O) groups is 2. The number of morpholine rings is 1. The van der Waals surface area contributed by atoms with Crippen LogP contribution in [0.3, 0.4) is 0 Å². The van der Waals surface area contributed by atoms with Crippen LogP contribution in [0.2, 0.25) is 0 Å². The highest BCUT2D eigenvalue weighted by atomic mass is 35.5. The summed E-state index contributed by atoms with van der Waals surface area (Å²) < 4.78 is 18.9. The maximum absolute atomic E-state index is 13.6. The van der Waals surface area contributed by atoms with E-state index in [2.05, 4.69) is 20.9 Å². The monoisotopic (exact) mass is 430 g/mol. The third kappa shape index (κ3) is 6.72. The van der Waals surface area contributed by atoms with Crippen molar-refractivity contribution in [2.24, 2.45) is 0 Å². The van der Waals surface area contributed by atoms with Gasteiger partial charge in [0, 0.05) is 25.2 Å². The topological polar surface area (TPSA) is 92.4 Å². The average molecular weight is 431 g/mol. The molecule has 1 aromatic heterocycles. The molecule has 10 heteroatoms. The molecule has 152 valence electrons. The van der Waals surface area contributed by atoms with Gasteiger partial charge in [-0.2, -0.15) is 0 Å². The molecule has 0 radical (unpaired) electrons. The van der Waals surface area contributed by atoms with E-state index >= 15 is 0 Å². The molecule has 1 aliphatic rings. The molecule has 7 nitrogen and oxygen atoms in total. The van der Waals surface area contributed by atoms with Crippen LogP contribution in [0.4, 0.5) is 15.8 Å². The van der Waals surface area contributed by atoms with Gasteiger partial charge in [0.1, 0.15) is 11.5 Å². The highest BCUT2D eigenvalue weighted by molar-refractivity contribution is 6.06. The quantitative estimate of drug-likeness (QED) is 0.677. The Bertz CT molecular complexity index is 790. The predicted molar refractivity (Wildman–Crippen MR) is 109 cm³/mol. The molecule has 2 aromatic rings. The third-order valence-electron chi connectivity index (χ3n) is 3.83. The lowest BCUT2D eigenvalue weighted by molar-refractivity contribution is -0.117. The van der Waals surface area contributed by atoms with Gasteiger partial charge in [0.15, 0.2) is 0 Å². The molecule has 1 atom stereocenters. The van der Waals surface area contributed by atoms with E-state index in [0.29, 0.717) is 25.4 Å². The van der Waals surface area contributed by atoms with Gasteiger partial charge in [0.25, 0.3) is 5.91 Å². The molecule has 1 aromatic carbocycles. The number of rotatable bonds is 5. The van der Waals surface area contributed by atoms with Crippen molar-refractivity contribution in [2.75, 3.05) is 30.4 Å².